The molecule has 0 aliphatic carbocycles. The highest BCUT2D eigenvalue weighted by molar-refractivity contribution is 7.89. The Kier molecular flexibility index (Phi) is 7.62. The number of carbonyl (C=O) groups is 1. The van der Waals surface area contributed by atoms with Crippen molar-refractivity contribution in [2.24, 2.45) is 0 Å². The number of hydrogen-bond acceptors (Lipinski definition) is 6. The monoisotopic (exact) mass is 395 g/mol. The van der Waals surface area contributed by atoms with Gasteiger partial charge in [-0.1, -0.05) is 0 Å². The molecular weight excluding hydrogens is 373 g/mol. The van der Waals surface area contributed by atoms with Crippen molar-refractivity contribution in [3.63, 3.8) is 0 Å². The van der Waals surface area contributed by atoms with Gasteiger partial charge in [0.25, 0.3) is 0 Å². The second kappa shape index (κ2) is 9.93. The molecule has 1 heterocycles. The van der Waals surface area contributed by atoms with Gasteiger partial charge in [0.2, 0.25) is 21.9 Å². The van der Waals surface area contributed by atoms with Crippen LogP contribution in [0.2, 0.25) is 0 Å². The Labute approximate surface area is 157 Å². The number of nitrogens with zero attached hydrogens (tertiary/aromatic N) is 3. The molecule has 0 spiro atoms. The molecule has 1 aromatic carbocycles. The first-order chi connectivity index (χ1) is 12.9. The van der Waals surface area contributed by atoms with Crippen molar-refractivity contribution in [2.45, 2.75) is 17.7 Å². The average Bonchev–Trinajstić information content (AvgIpc) is 2.66. The van der Waals surface area contributed by atoms with Crippen LogP contribution in [0.1, 0.15) is 12.8 Å². The molecule has 0 bridgehead atoms. The fraction of sp³-hybridized carbons (Fsp3) is 0.353. The molecule has 2 N–H and O–H groups in total. The molecule has 0 atom stereocenters. The second-order valence-electron chi connectivity index (χ2n) is 5.73. The molecule has 1 aromatic heterocycles. The maximum atomic E-state index is 12.9. The zero-order valence-electron chi connectivity index (χ0n) is 14.9. The molecule has 2 aromatic rings. The van der Waals surface area contributed by atoms with Gasteiger partial charge < -0.3 is 10.6 Å². The van der Waals surface area contributed by atoms with E-state index in [0.717, 1.165) is 16.4 Å². The lowest BCUT2D eigenvalue weighted by Crippen LogP contribution is -2.31. The lowest BCUT2D eigenvalue weighted by atomic mass is 10.3. The standard InChI is InChI=1S/C17H22FN5O3S/c1-23(27(25,26)15-7-5-14(18)6-8-15)13-2-4-16(24)19-11-12-22-17-20-9-3-10-21-17/h3,5-10H,2,4,11-13H2,1H3,(H,19,24)(H,20,21,22). The molecule has 0 saturated heterocycles. The molecule has 0 fully saturated rings. The van der Waals surface area contributed by atoms with Gasteiger partial charge in [0, 0.05) is 45.5 Å². The van der Waals surface area contributed by atoms with Crippen molar-refractivity contribution < 1.29 is 17.6 Å². The summed E-state index contributed by atoms with van der Waals surface area (Å²) in [5.74, 6) is -0.181. The zero-order chi connectivity index (χ0) is 19.7. The Morgan fingerprint density at radius 3 is 2.48 bits per heavy atom. The van der Waals surface area contributed by atoms with Crippen LogP contribution in [-0.2, 0) is 14.8 Å². The number of carbonyl (C=O) groups excluding carboxylic acids is 1. The highest BCUT2D eigenvalue weighted by atomic mass is 32.2. The maximum absolute atomic E-state index is 12.9. The minimum absolute atomic E-state index is 0.0186. The lowest BCUT2D eigenvalue weighted by Gasteiger charge is -2.17. The summed E-state index contributed by atoms with van der Waals surface area (Å²) in [5, 5.41) is 5.70. The average molecular weight is 395 g/mol. The van der Waals surface area contributed by atoms with Crippen LogP contribution in [0.15, 0.2) is 47.6 Å². The van der Waals surface area contributed by atoms with Crippen LogP contribution in [0.3, 0.4) is 0 Å². The Hall–Kier alpha value is -2.59. The van der Waals surface area contributed by atoms with Crippen molar-refractivity contribution in [1.29, 1.82) is 0 Å². The Morgan fingerprint density at radius 2 is 1.81 bits per heavy atom. The third kappa shape index (κ3) is 6.57. The van der Waals surface area contributed by atoms with Crippen molar-refractivity contribution in [1.82, 2.24) is 19.6 Å². The summed E-state index contributed by atoms with van der Waals surface area (Å²) in [4.78, 5) is 19.8. The van der Waals surface area contributed by atoms with Crippen molar-refractivity contribution in [3.8, 4) is 0 Å². The first-order valence-electron chi connectivity index (χ1n) is 8.39. The van der Waals surface area contributed by atoms with E-state index in [1.54, 1.807) is 18.5 Å². The van der Waals surface area contributed by atoms with Gasteiger partial charge >= 0.3 is 0 Å². The van der Waals surface area contributed by atoms with Crippen molar-refractivity contribution in [2.75, 3.05) is 32.0 Å². The number of anilines is 1. The van der Waals surface area contributed by atoms with Crippen molar-refractivity contribution >= 4 is 21.9 Å². The summed E-state index contributed by atoms with van der Waals surface area (Å²) in [7, 11) is -2.26. The minimum atomic E-state index is -3.69. The van der Waals surface area contributed by atoms with Crippen LogP contribution in [0.4, 0.5) is 10.3 Å². The molecule has 10 heteroatoms. The second-order valence-corrected chi connectivity index (χ2v) is 7.78. The first kappa shape index (κ1) is 20.7. The normalized spacial score (nSPS) is 11.4. The van der Waals surface area contributed by atoms with E-state index in [-0.39, 0.29) is 23.8 Å². The van der Waals surface area contributed by atoms with E-state index in [1.807, 2.05) is 0 Å². The molecule has 2 rings (SSSR count). The molecule has 0 aliphatic heterocycles. The van der Waals surface area contributed by atoms with Gasteiger partial charge in [0.05, 0.1) is 4.90 Å². The highest BCUT2D eigenvalue weighted by Crippen LogP contribution is 2.15. The van der Waals surface area contributed by atoms with E-state index >= 15 is 0 Å². The SMILES string of the molecule is CN(CCCC(=O)NCCNc1ncccn1)S(=O)(=O)c1ccc(F)cc1. The first-order valence-corrected chi connectivity index (χ1v) is 9.83. The number of aromatic nitrogens is 2. The van der Waals surface area contributed by atoms with Gasteiger partial charge in [-0.2, -0.15) is 0 Å². The number of nitrogens with one attached hydrogen (secondary N) is 2. The summed E-state index contributed by atoms with van der Waals surface area (Å²) < 4.78 is 38.8. The number of rotatable bonds is 10. The van der Waals surface area contributed by atoms with Crippen LogP contribution in [0, 0.1) is 5.82 Å². The summed E-state index contributed by atoms with van der Waals surface area (Å²) in [5.41, 5.74) is 0. The summed E-state index contributed by atoms with van der Waals surface area (Å²) in [6.07, 6.45) is 3.80. The van der Waals surface area contributed by atoms with E-state index in [9.17, 15) is 17.6 Å². The summed E-state index contributed by atoms with van der Waals surface area (Å²) in [6.45, 7) is 1.07. The van der Waals surface area contributed by atoms with Gasteiger partial charge in [0.15, 0.2) is 0 Å². The highest BCUT2D eigenvalue weighted by Gasteiger charge is 2.20. The fourth-order valence-corrected chi connectivity index (χ4v) is 3.43. The molecule has 8 nitrogen and oxygen atoms in total. The molecule has 1 amide bonds. The van der Waals surface area contributed by atoms with Crippen LogP contribution in [0.25, 0.3) is 0 Å². The number of hydrogen-bond donors (Lipinski definition) is 2. The van der Waals surface area contributed by atoms with E-state index < -0.39 is 15.8 Å². The predicted molar refractivity (Wildman–Crippen MR) is 99.0 cm³/mol. The number of halogens is 1. The van der Waals surface area contributed by atoms with E-state index in [4.69, 9.17) is 0 Å². The summed E-state index contributed by atoms with van der Waals surface area (Å²) in [6, 6.07) is 6.35. The van der Waals surface area contributed by atoms with Crippen molar-refractivity contribution in [3.05, 3.63) is 48.5 Å². The quantitative estimate of drug-likeness (QED) is 0.587. The largest absolute Gasteiger partial charge is 0.354 e. The van der Waals surface area contributed by atoms with Gasteiger partial charge in [-0.15, -0.1) is 0 Å². The molecule has 146 valence electrons. The molecule has 0 saturated carbocycles. The van der Waals surface area contributed by atoms with Gasteiger partial charge in [0.1, 0.15) is 5.82 Å². The lowest BCUT2D eigenvalue weighted by molar-refractivity contribution is -0.121. The Morgan fingerprint density at radius 1 is 1.15 bits per heavy atom. The van der Waals surface area contributed by atoms with E-state index in [1.165, 1.54) is 19.2 Å². The Balaban J connectivity index is 1.67. The number of benzene rings is 1. The van der Waals surface area contributed by atoms with Crippen LogP contribution < -0.4 is 10.6 Å². The number of amides is 1. The van der Waals surface area contributed by atoms with Crippen LogP contribution in [-0.4, -0.2) is 55.3 Å². The molecule has 0 aliphatic rings. The minimum Gasteiger partial charge on any atom is -0.354 e. The predicted octanol–water partition coefficient (Wildman–Crippen LogP) is 1.24. The maximum Gasteiger partial charge on any atom is 0.242 e. The molecule has 0 radical (unpaired) electrons. The molecule has 27 heavy (non-hydrogen) atoms. The third-order valence-electron chi connectivity index (χ3n) is 3.69. The van der Waals surface area contributed by atoms with Gasteiger partial charge in [-0.05, 0) is 36.8 Å². The third-order valence-corrected chi connectivity index (χ3v) is 5.57. The zero-order valence-corrected chi connectivity index (χ0v) is 15.7. The van der Waals surface area contributed by atoms with Gasteiger partial charge in [-0.25, -0.2) is 27.1 Å². The molecule has 0 unspecified atom stereocenters. The fourth-order valence-electron chi connectivity index (χ4n) is 2.22. The van der Waals surface area contributed by atoms with E-state index in [0.29, 0.717) is 25.5 Å². The smallest absolute Gasteiger partial charge is 0.242 e. The summed E-state index contributed by atoms with van der Waals surface area (Å²) >= 11 is 0. The number of sulfonamides is 1. The van der Waals surface area contributed by atoms with Crippen LogP contribution >= 0.6 is 0 Å². The van der Waals surface area contributed by atoms with Gasteiger partial charge in [-0.3, -0.25) is 4.79 Å². The van der Waals surface area contributed by atoms with E-state index in [2.05, 4.69) is 20.6 Å². The Bertz CT molecular complexity index is 831. The topological polar surface area (TPSA) is 104 Å². The van der Waals surface area contributed by atoms with Crippen LogP contribution in [0.5, 0.6) is 0 Å². The molecular formula is C17H22FN5O3S.